The van der Waals surface area contributed by atoms with E-state index in [9.17, 15) is 4.79 Å². The lowest BCUT2D eigenvalue weighted by Gasteiger charge is -2.36. The van der Waals surface area contributed by atoms with Crippen molar-refractivity contribution in [2.45, 2.75) is 38.6 Å². The number of H-pyrrole nitrogens is 1. The zero-order valence-electron chi connectivity index (χ0n) is 18.4. The highest BCUT2D eigenvalue weighted by Crippen LogP contribution is 2.39. The van der Waals surface area contributed by atoms with Crippen molar-refractivity contribution in [1.82, 2.24) is 9.88 Å². The first-order valence-corrected chi connectivity index (χ1v) is 11.0. The predicted octanol–water partition coefficient (Wildman–Crippen LogP) is 6.25. The Morgan fingerprint density at radius 3 is 2.29 bits per heavy atom. The van der Waals surface area contributed by atoms with E-state index in [1.165, 1.54) is 16.5 Å². The van der Waals surface area contributed by atoms with E-state index in [0.717, 1.165) is 28.8 Å². The monoisotopic (exact) mass is 408 g/mol. The minimum absolute atomic E-state index is 0.0680. The van der Waals surface area contributed by atoms with Crippen LogP contribution in [0.2, 0.25) is 0 Å². The van der Waals surface area contributed by atoms with Crippen LogP contribution in [0, 0.1) is 0 Å². The van der Waals surface area contributed by atoms with Crippen LogP contribution in [0.5, 0.6) is 0 Å². The number of nitrogens with one attached hydrogen (secondary N) is 1. The van der Waals surface area contributed by atoms with E-state index in [0.29, 0.717) is 6.54 Å². The normalized spacial score (nSPS) is 16.4. The summed E-state index contributed by atoms with van der Waals surface area (Å²) in [6, 6.07) is 26.8. The van der Waals surface area contributed by atoms with Gasteiger partial charge in [-0.25, -0.2) is 0 Å². The van der Waals surface area contributed by atoms with Crippen molar-refractivity contribution in [2.75, 3.05) is 6.54 Å². The highest BCUT2D eigenvalue weighted by molar-refractivity contribution is 5.95. The number of benzene rings is 3. The molecule has 1 aromatic heterocycles. The summed E-state index contributed by atoms with van der Waals surface area (Å²) < 4.78 is 0. The van der Waals surface area contributed by atoms with E-state index in [2.05, 4.69) is 74.3 Å². The zero-order valence-corrected chi connectivity index (χ0v) is 18.4. The Labute approximate surface area is 183 Å². The van der Waals surface area contributed by atoms with Crippen LogP contribution in [-0.2, 0) is 11.8 Å². The molecule has 2 heterocycles. The van der Waals surface area contributed by atoms with Crippen LogP contribution in [-0.4, -0.2) is 22.3 Å². The van der Waals surface area contributed by atoms with Crippen LogP contribution < -0.4 is 0 Å². The Morgan fingerprint density at radius 1 is 0.903 bits per heavy atom. The number of aromatic amines is 1. The number of para-hydroxylation sites is 1. The number of nitrogens with zero attached hydrogens (tertiary/aromatic N) is 1. The zero-order chi connectivity index (χ0) is 21.6. The number of aromatic nitrogens is 1. The Kier molecular flexibility index (Phi) is 4.70. The van der Waals surface area contributed by atoms with Gasteiger partial charge in [-0.2, -0.15) is 0 Å². The highest BCUT2D eigenvalue weighted by atomic mass is 16.2. The number of fused-ring (bicyclic) bond motifs is 3. The average molecular weight is 409 g/mol. The predicted molar refractivity (Wildman–Crippen MR) is 126 cm³/mol. The molecular formula is C28H28N2O. The largest absolute Gasteiger partial charge is 0.356 e. The molecule has 1 N–H and O–H groups in total. The van der Waals surface area contributed by atoms with Crippen LogP contribution in [0.15, 0.2) is 78.9 Å². The molecule has 1 atom stereocenters. The lowest BCUT2D eigenvalue weighted by Crippen LogP contribution is -2.40. The molecule has 3 heteroatoms. The fourth-order valence-electron chi connectivity index (χ4n) is 4.72. The van der Waals surface area contributed by atoms with Crippen molar-refractivity contribution in [3.63, 3.8) is 0 Å². The summed E-state index contributed by atoms with van der Waals surface area (Å²) in [5.74, 6) is 0.0821. The van der Waals surface area contributed by atoms with Crippen LogP contribution in [0.1, 0.15) is 59.6 Å². The van der Waals surface area contributed by atoms with Crippen LogP contribution in [0.25, 0.3) is 10.9 Å². The van der Waals surface area contributed by atoms with Crippen molar-refractivity contribution in [2.24, 2.45) is 0 Å². The third-order valence-electron chi connectivity index (χ3n) is 6.41. The number of carbonyl (C=O) groups excluding carboxylic acids is 1. The molecule has 1 aliphatic rings. The maximum Gasteiger partial charge on any atom is 0.254 e. The summed E-state index contributed by atoms with van der Waals surface area (Å²) in [5, 5.41) is 1.26. The SMILES string of the molecule is CC(C)(C)c1ccc(C(=O)N2CCc3c([nH]c4ccccc34)C2c2ccccc2)cc1. The van der Waals surface area contributed by atoms with Gasteiger partial charge in [0, 0.05) is 28.7 Å². The van der Waals surface area contributed by atoms with Gasteiger partial charge in [0.05, 0.1) is 6.04 Å². The van der Waals surface area contributed by atoms with E-state index in [1.807, 2.05) is 35.2 Å². The molecule has 1 unspecified atom stereocenters. The molecule has 0 bridgehead atoms. The molecule has 3 nitrogen and oxygen atoms in total. The number of rotatable bonds is 2. The molecule has 0 saturated carbocycles. The van der Waals surface area contributed by atoms with Crippen molar-refractivity contribution < 1.29 is 4.79 Å². The summed E-state index contributed by atoms with van der Waals surface area (Å²) in [7, 11) is 0. The quantitative estimate of drug-likeness (QED) is 0.418. The topological polar surface area (TPSA) is 36.1 Å². The Morgan fingerprint density at radius 2 is 1.58 bits per heavy atom. The van der Waals surface area contributed by atoms with Crippen molar-refractivity contribution in [3.8, 4) is 0 Å². The number of hydrogen-bond donors (Lipinski definition) is 1. The second-order valence-electron chi connectivity index (χ2n) is 9.45. The minimum atomic E-state index is -0.118. The first kappa shape index (κ1) is 19.6. The summed E-state index contributed by atoms with van der Waals surface area (Å²) >= 11 is 0. The smallest absolute Gasteiger partial charge is 0.254 e. The van der Waals surface area contributed by atoms with Crippen LogP contribution >= 0.6 is 0 Å². The lowest BCUT2D eigenvalue weighted by molar-refractivity contribution is 0.0692. The summed E-state index contributed by atoms with van der Waals surface area (Å²) in [5.41, 5.74) is 6.79. The minimum Gasteiger partial charge on any atom is -0.356 e. The second-order valence-corrected chi connectivity index (χ2v) is 9.45. The Hall–Kier alpha value is -3.33. The van der Waals surface area contributed by atoms with Crippen molar-refractivity contribution >= 4 is 16.8 Å². The summed E-state index contributed by atoms with van der Waals surface area (Å²) in [6.07, 6.45) is 0.856. The molecule has 156 valence electrons. The second kappa shape index (κ2) is 7.42. The fourth-order valence-corrected chi connectivity index (χ4v) is 4.72. The van der Waals surface area contributed by atoms with Crippen LogP contribution in [0.4, 0.5) is 0 Å². The Bertz CT molecular complexity index is 1230. The standard InChI is InChI=1S/C28H28N2O/c1-28(2,3)21-15-13-20(14-16-21)27(31)30-18-17-23-22-11-7-8-12-24(22)29-25(23)26(30)19-9-5-4-6-10-19/h4-16,26,29H,17-18H2,1-3H3. The molecule has 3 aromatic carbocycles. The lowest BCUT2D eigenvalue weighted by atomic mass is 9.86. The van der Waals surface area contributed by atoms with Gasteiger partial charge in [-0.3, -0.25) is 4.79 Å². The van der Waals surface area contributed by atoms with Gasteiger partial charge in [-0.05, 0) is 46.7 Å². The van der Waals surface area contributed by atoms with E-state index in [-0.39, 0.29) is 17.4 Å². The number of hydrogen-bond acceptors (Lipinski definition) is 1. The molecular weight excluding hydrogens is 380 g/mol. The molecule has 0 saturated heterocycles. The average Bonchev–Trinajstić information content (AvgIpc) is 3.17. The first-order valence-electron chi connectivity index (χ1n) is 11.0. The van der Waals surface area contributed by atoms with E-state index < -0.39 is 0 Å². The molecule has 5 rings (SSSR count). The molecule has 31 heavy (non-hydrogen) atoms. The number of amides is 1. The summed E-state index contributed by atoms with van der Waals surface area (Å²) in [4.78, 5) is 19.3. The maximum atomic E-state index is 13.7. The fraction of sp³-hybridized carbons (Fsp3) is 0.250. The molecule has 0 fully saturated rings. The number of carbonyl (C=O) groups is 1. The van der Waals surface area contributed by atoms with E-state index >= 15 is 0 Å². The van der Waals surface area contributed by atoms with Gasteiger partial charge in [-0.15, -0.1) is 0 Å². The Balaban J connectivity index is 1.58. The third kappa shape index (κ3) is 3.44. The van der Waals surface area contributed by atoms with Crippen LogP contribution in [0.3, 0.4) is 0 Å². The van der Waals surface area contributed by atoms with Gasteiger partial charge in [0.1, 0.15) is 0 Å². The van der Waals surface area contributed by atoms with E-state index in [1.54, 1.807) is 0 Å². The van der Waals surface area contributed by atoms with Gasteiger partial charge in [-0.1, -0.05) is 81.4 Å². The molecule has 0 aliphatic carbocycles. The van der Waals surface area contributed by atoms with E-state index in [4.69, 9.17) is 0 Å². The van der Waals surface area contributed by atoms with Gasteiger partial charge < -0.3 is 9.88 Å². The third-order valence-corrected chi connectivity index (χ3v) is 6.41. The molecule has 0 spiro atoms. The van der Waals surface area contributed by atoms with Gasteiger partial charge in [0.15, 0.2) is 0 Å². The summed E-state index contributed by atoms with van der Waals surface area (Å²) in [6.45, 7) is 7.28. The molecule has 1 aliphatic heterocycles. The maximum absolute atomic E-state index is 13.7. The van der Waals surface area contributed by atoms with Gasteiger partial charge in [0.2, 0.25) is 0 Å². The van der Waals surface area contributed by atoms with Crippen molar-refractivity contribution in [3.05, 3.63) is 107 Å². The first-order chi connectivity index (χ1) is 14.9. The van der Waals surface area contributed by atoms with Gasteiger partial charge >= 0.3 is 0 Å². The van der Waals surface area contributed by atoms with Gasteiger partial charge in [0.25, 0.3) is 5.91 Å². The molecule has 4 aromatic rings. The molecule has 1 amide bonds. The van der Waals surface area contributed by atoms with Crippen molar-refractivity contribution in [1.29, 1.82) is 0 Å². The molecule has 0 radical (unpaired) electrons. The highest BCUT2D eigenvalue weighted by Gasteiger charge is 2.34.